The summed E-state index contributed by atoms with van der Waals surface area (Å²) in [7, 11) is 0. The lowest BCUT2D eigenvalue weighted by atomic mass is 9.86. The SMILES string of the molecule is CCCn1ncc(Cl)c1C(O)C1(OCC)CCOCC1. The number of nitrogens with zero attached hydrogens (tertiary/aromatic N) is 2. The molecule has 1 atom stereocenters. The maximum Gasteiger partial charge on any atom is 0.126 e. The Balaban J connectivity index is 2.31. The molecule has 0 bridgehead atoms. The number of halogens is 1. The van der Waals surface area contributed by atoms with Crippen LogP contribution in [-0.2, 0) is 16.0 Å². The lowest BCUT2D eigenvalue weighted by Crippen LogP contribution is -2.45. The van der Waals surface area contributed by atoms with Gasteiger partial charge in [-0.3, -0.25) is 4.68 Å². The van der Waals surface area contributed by atoms with Crippen LogP contribution in [0.5, 0.6) is 0 Å². The summed E-state index contributed by atoms with van der Waals surface area (Å²) in [6.45, 7) is 6.48. The molecule has 0 amide bonds. The van der Waals surface area contributed by atoms with Gasteiger partial charge in [0.15, 0.2) is 0 Å². The smallest absolute Gasteiger partial charge is 0.126 e. The molecule has 1 N–H and O–H groups in total. The maximum absolute atomic E-state index is 10.9. The van der Waals surface area contributed by atoms with E-state index in [1.54, 1.807) is 10.9 Å². The van der Waals surface area contributed by atoms with E-state index in [9.17, 15) is 5.11 Å². The summed E-state index contributed by atoms with van der Waals surface area (Å²) in [5.74, 6) is 0. The van der Waals surface area contributed by atoms with E-state index in [4.69, 9.17) is 21.1 Å². The molecule has 0 saturated carbocycles. The van der Waals surface area contributed by atoms with Gasteiger partial charge in [-0.05, 0) is 13.3 Å². The lowest BCUT2D eigenvalue weighted by molar-refractivity contribution is -0.169. The topological polar surface area (TPSA) is 56.5 Å². The third kappa shape index (κ3) is 3.01. The van der Waals surface area contributed by atoms with Crippen LogP contribution in [0.4, 0.5) is 0 Å². The second kappa shape index (κ2) is 6.89. The molecule has 1 fully saturated rings. The highest BCUT2D eigenvalue weighted by Crippen LogP contribution is 2.40. The first-order valence-electron chi connectivity index (χ1n) is 7.25. The molecule has 114 valence electrons. The van der Waals surface area contributed by atoms with Crippen molar-refractivity contribution in [2.45, 2.75) is 51.4 Å². The van der Waals surface area contributed by atoms with Crippen molar-refractivity contribution in [3.63, 3.8) is 0 Å². The number of rotatable bonds is 6. The van der Waals surface area contributed by atoms with E-state index in [0.29, 0.717) is 43.4 Å². The van der Waals surface area contributed by atoms with Crippen LogP contribution in [0.25, 0.3) is 0 Å². The quantitative estimate of drug-likeness (QED) is 0.877. The molecule has 0 spiro atoms. The highest BCUT2D eigenvalue weighted by Gasteiger charge is 2.43. The highest BCUT2D eigenvalue weighted by molar-refractivity contribution is 6.31. The van der Waals surface area contributed by atoms with Gasteiger partial charge < -0.3 is 14.6 Å². The largest absolute Gasteiger partial charge is 0.384 e. The zero-order valence-corrected chi connectivity index (χ0v) is 12.9. The van der Waals surface area contributed by atoms with Gasteiger partial charge in [-0.1, -0.05) is 18.5 Å². The van der Waals surface area contributed by atoms with Gasteiger partial charge in [-0.25, -0.2) is 0 Å². The van der Waals surface area contributed by atoms with Gasteiger partial charge in [-0.15, -0.1) is 0 Å². The fourth-order valence-corrected chi connectivity index (χ4v) is 3.03. The van der Waals surface area contributed by atoms with Gasteiger partial charge in [-0.2, -0.15) is 5.10 Å². The van der Waals surface area contributed by atoms with Crippen LogP contribution < -0.4 is 0 Å². The third-order valence-electron chi connectivity index (χ3n) is 3.80. The Morgan fingerprint density at radius 3 is 2.80 bits per heavy atom. The zero-order valence-electron chi connectivity index (χ0n) is 12.1. The van der Waals surface area contributed by atoms with E-state index in [1.165, 1.54) is 0 Å². The molecular weight excluding hydrogens is 280 g/mol. The Labute approximate surface area is 124 Å². The molecule has 2 heterocycles. The van der Waals surface area contributed by atoms with Gasteiger partial charge in [0.25, 0.3) is 0 Å². The summed E-state index contributed by atoms with van der Waals surface area (Å²) in [5.41, 5.74) is 0.0335. The Morgan fingerprint density at radius 2 is 2.20 bits per heavy atom. The standard InChI is InChI=1S/C14H23ClN2O3/c1-3-7-17-12(11(15)10-16-17)13(18)14(20-4-2)5-8-19-9-6-14/h10,13,18H,3-9H2,1-2H3. The van der Waals surface area contributed by atoms with E-state index in [1.807, 2.05) is 6.92 Å². The zero-order chi connectivity index (χ0) is 14.6. The van der Waals surface area contributed by atoms with Gasteiger partial charge >= 0.3 is 0 Å². The van der Waals surface area contributed by atoms with Crippen molar-refractivity contribution in [3.05, 3.63) is 16.9 Å². The second-order valence-corrected chi connectivity index (χ2v) is 5.52. The molecule has 1 aromatic heterocycles. The first-order chi connectivity index (χ1) is 9.64. The monoisotopic (exact) mass is 302 g/mol. The van der Waals surface area contributed by atoms with Crippen LogP contribution in [0.2, 0.25) is 5.02 Å². The minimum absolute atomic E-state index is 0.497. The van der Waals surface area contributed by atoms with E-state index >= 15 is 0 Å². The minimum Gasteiger partial charge on any atom is -0.384 e. The molecule has 1 aliphatic heterocycles. The van der Waals surface area contributed by atoms with Crippen LogP contribution in [0.1, 0.15) is 44.9 Å². The average Bonchev–Trinajstić information content (AvgIpc) is 2.81. The summed E-state index contributed by atoms with van der Waals surface area (Å²) in [4.78, 5) is 0. The van der Waals surface area contributed by atoms with Gasteiger partial charge in [0.05, 0.1) is 16.9 Å². The number of ether oxygens (including phenoxy) is 2. The summed E-state index contributed by atoms with van der Waals surface area (Å²) in [6, 6.07) is 0. The Morgan fingerprint density at radius 1 is 1.50 bits per heavy atom. The van der Waals surface area contributed by atoms with Crippen molar-refractivity contribution >= 4 is 11.6 Å². The molecule has 20 heavy (non-hydrogen) atoms. The fourth-order valence-electron chi connectivity index (χ4n) is 2.78. The predicted molar refractivity (Wildman–Crippen MR) is 76.9 cm³/mol. The molecule has 0 aromatic carbocycles. The van der Waals surface area contributed by atoms with Crippen LogP contribution in [-0.4, -0.2) is 40.3 Å². The van der Waals surface area contributed by atoms with Gasteiger partial charge in [0, 0.05) is 39.2 Å². The van der Waals surface area contributed by atoms with Crippen molar-refractivity contribution in [1.29, 1.82) is 0 Å². The number of hydrogen-bond acceptors (Lipinski definition) is 4. The van der Waals surface area contributed by atoms with Crippen molar-refractivity contribution in [2.75, 3.05) is 19.8 Å². The number of aliphatic hydroxyl groups excluding tert-OH is 1. The van der Waals surface area contributed by atoms with Crippen LogP contribution >= 0.6 is 11.6 Å². The number of aryl methyl sites for hydroxylation is 1. The maximum atomic E-state index is 10.9. The van der Waals surface area contributed by atoms with E-state index in [-0.39, 0.29) is 0 Å². The molecule has 5 nitrogen and oxygen atoms in total. The van der Waals surface area contributed by atoms with Gasteiger partial charge in [0.1, 0.15) is 11.7 Å². The van der Waals surface area contributed by atoms with Crippen molar-refractivity contribution in [3.8, 4) is 0 Å². The Bertz CT molecular complexity index is 425. The summed E-state index contributed by atoms with van der Waals surface area (Å²) in [6.07, 6.45) is 3.07. The minimum atomic E-state index is -0.784. The Kier molecular flexibility index (Phi) is 5.43. The number of hydrogen-bond donors (Lipinski definition) is 1. The van der Waals surface area contributed by atoms with E-state index < -0.39 is 11.7 Å². The second-order valence-electron chi connectivity index (χ2n) is 5.11. The average molecular weight is 303 g/mol. The normalized spacial score (nSPS) is 20.0. The first-order valence-corrected chi connectivity index (χ1v) is 7.63. The molecule has 0 radical (unpaired) electrons. The summed E-state index contributed by atoms with van der Waals surface area (Å²) >= 11 is 6.23. The van der Waals surface area contributed by atoms with Crippen LogP contribution in [0.15, 0.2) is 6.20 Å². The van der Waals surface area contributed by atoms with Crippen molar-refractivity contribution in [2.24, 2.45) is 0 Å². The van der Waals surface area contributed by atoms with Gasteiger partial charge in [0.2, 0.25) is 0 Å². The lowest BCUT2D eigenvalue weighted by Gasteiger charge is -2.40. The Hall–Kier alpha value is -0.620. The van der Waals surface area contributed by atoms with E-state index in [0.717, 1.165) is 13.0 Å². The highest BCUT2D eigenvalue weighted by atomic mass is 35.5. The number of aromatic nitrogens is 2. The first kappa shape index (κ1) is 15.8. The van der Waals surface area contributed by atoms with E-state index in [2.05, 4.69) is 12.0 Å². The fraction of sp³-hybridized carbons (Fsp3) is 0.786. The molecule has 6 heteroatoms. The summed E-state index contributed by atoms with van der Waals surface area (Å²) in [5, 5.41) is 15.6. The molecule has 1 aromatic rings. The van der Waals surface area contributed by atoms with Crippen LogP contribution in [0.3, 0.4) is 0 Å². The van der Waals surface area contributed by atoms with Crippen LogP contribution in [0, 0.1) is 0 Å². The predicted octanol–water partition coefficient (Wildman–Crippen LogP) is 2.57. The molecular formula is C14H23ClN2O3. The van der Waals surface area contributed by atoms with Crippen molar-refractivity contribution < 1.29 is 14.6 Å². The molecule has 1 aliphatic rings. The molecule has 0 aliphatic carbocycles. The molecule has 1 unspecified atom stereocenters. The van der Waals surface area contributed by atoms with Crippen molar-refractivity contribution in [1.82, 2.24) is 9.78 Å². The third-order valence-corrected chi connectivity index (χ3v) is 4.09. The number of aliphatic hydroxyl groups is 1. The molecule has 1 saturated heterocycles. The molecule has 2 rings (SSSR count). The summed E-state index contributed by atoms with van der Waals surface area (Å²) < 4.78 is 13.1.